The minimum Gasteiger partial charge on any atom is -0.492 e. The molecule has 2 aromatic rings. The van der Waals surface area contributed by atoms with E-state index in [0.717, 1.165) is 12.3 Å². The van der Waals surface area contributed by atoms with Gasteiger partial charge in [0, 0.05) is 43.9 Å². The molecule has 0 N–H and O–H groups in total. The summed E-state index contributed by atoms with van der Waals surface area (Å²) in [6.45, 7) is 0.711. The molecule has 3 rings (SSSR count). The van der Waals surface area contributed by atoms with Crippen molar-refractivity contribution in [2.45, 2.75) is 6.55 Å². The third-order valence-corrected chi connectivity index (χ3v) is 4.48. The quantitative estimate of drug-likeness (QED) is 0.768. The van der Waals surface area contributed by atoms with E-state index in [1.165, 1.54) is 12.3 Å². The van der Waals surface area contributed by atoms with Gasteiger partial charge >= 0.3 is 6.55 Å². The summed E-state index contributed by atoms with van der Waals surface area (Å²) in [6, 6.07) is 8.48. The lowest BCUT2D eigenvalue weighted by Gasteiger charge is -2.34. The molecule has 1 aromatic carbocycles. The lowest BCUT2D eigenvalue weighted by molar-refractivity contribution is 0.0421. The SMILES string of the molecule is O=C(c1ccnn1C(F)F)N1CCN(CCOc2ccc(Cl)cc2)CC1. The Morgan fingerprint density at radius 3 is 2.50 bits per heavy atom. The predicted molar refractivity (Wildman–Crippen MR) is 92.8 cm³/mol. The highest BCUT2D eigenvalue weighted by molar-refractivity contribution is 6.30. The van der Waals surface area contributed by atoms with E-state index in [1.807, 2.05) is 12.1 Å². The summed E-state index contributed by atoms with van der Waals surface area (Å²) in [4.78, 5) is 16.1. The summed E-state index contributed by atoms with van der Waals surface area (Å²) in [7, 11) is 0. The predicted octanol–water partition coefficient (Wildman–Crippen LogP) is 2.77. The third-order valence-electron chi connectivity index (χ3n) is 4.22. The van der Waals surface area contributed by atoms with Gasteiger partial charge in [0.2, 0.25) is 0 Å². The molecular formula is C17H19ClF2N4O2. The Morgan fingerprint density at radius 1 is 1.15 bits per heavy atom. The van der Waals surface area contributed by atoms with Crippen LogP contribution in [0, 0.1) is 0 Å². The van der Waals surface area contributed by atoms with Gasteiger partial charge in [-0.2, -0.15) is 18.6 Å². The van der Waals surface area contributed by atoms with Crippen LogP contribution in [0.25, 0.3) is 0 Å². The lowest BCUT2D eigenvalue weighted by Crippen LogP contribution is -2.49. The van der Waals surface area contributed by atoms with E-state index in [1.54, 1.807) is 17.0 Å². The standard InChI is InChI=1S/C17H19ClF2N4O2/c18-13-1-3-14(4-2-13)26-12-11-22-7-9-23(10-8-22)16(25)15-5-6-21-24(15)17(19)20/h1-6,17H,7-12H2. The minimum atomic E-state index is -2.82. The first-order chi connectivity index (χ1) is 12.5. The Balaban J connectivity index is 1.44. The van der Waals surface area contributed by atoms with E-state index in [0.29, 0.717) is 42.5 Å². The monoisotopic (exact) mass is 384 g/mol. The van der Waals surface area contributed by atoms with Crippen LogP contribution in [-0.4, -0.2) is 64.8 Å². The number of nitrogens with zero attached hydrogens (tertiary/aromatic N) is 4. The molecular weight excluding hydrogens is 366 g/mol. The zero-order valence-electron chi connectivity index (χ0n) is 14.0. The van der Waals surface area contributed by atoms with Gasteiger partial charge in [-0.05, 0) is 30.3 Å². The van der Waals surface area contributed by atoms with Crippen LogP contribution in [0.2, 0.25) is 5.02 Å². The van der Waals surface area contributed by atoms with Crippen LogP contribution in [0.5, 0.6) is 5.75 Å². The Bertz CT molecular complexity index is 731. The van der Waals surface area contributed by atoms with E-state index < -0.39 is 12.5 Å². The lowest BCUT2D eigenvalue weighted by atomic mass is 10.2. The molecule has 1 aromatic heterocycles. The van der Waals surface area contributed by atoms with Crippen LogP contribution < -0.4 is 4.74 Å². The van der Waals surface area contributed by atoms with E-state index >= 15 is 0 Å². The number of amides is 1. The minimum absolute atomic E-state index is 0.0838. The molecule has 0 aliphatic carbocycles. The van der Waals surface area contributed by atoms with Crippen molar-refractivity contribution < 1.29 is 18.3 Å². The van der Waals surface area contributed by atoms with Gasteiger partial charge < -0.3 is 9.64 Å². The number of halogens is 3. The Labute approximate surface area is 154 Å². The topological polar surface area (TPSA) is 50.6 Å². The number of benzene rings is 1. The average molecular weight is 385 g/mol. The molecule has 26 heavy (non-hydrogen) atoms. The van der Waals surface area contributed by atoms with Gasteiger partial charge in [0.05, 0.1) is 0 Å². The van der Waals surface area contributed by atoms with Gasteiger partial charge in [-0.1, -0.05) is 11.6 Å². The van der Waals surface area contributed by atoms with Crippen LogP contribution >= 0.6 is 11.6 Å². The first kappa shape index (κ1) is 18.6. The molecule has 1 aliphatic rings. The van der Waals surface area contributed by atoms with E-state index in [-0.39, 0.29) is 5.69 Å². The molecule has 9 heteroatoms. The van der Waals surface area contributed by atoms with Crippen molar-refractivity contribution in [3.05, 3.63) is 47.2 Å². The molecule has 0 radical (unpaired) electrons. The van der Waals surface area contributed by atoms with Gasteiger partial charge in [-0.3, -0.25) is 9.69 Å². The number of hydrogen-bond donors (Lipinski definition) is 0. The number of rotatable bonds is 6. The van der Waals surface area contributed by atoms with Crippen molar-refractivity contribution in [2.75, 3.05) is 39.3 Å². The number of hydrogen-bond acceptors (Lipinski definition) is 4. The van der Waals surface area contributed by atoms with Gasteiger partial charge in [0.15, 0.2) is 0 Å². The van der Waals surface area contributed by atoms with Crippen molar-refractivity contribution in [1.82, 2.24) is 19.6 Å². The molecule has 1 amide bonds. The molecule has 1 saturated heterocycles. The van der Waals surface area contributed by atoms with Crippen LogP contribution in [0.1, 0.15) is 17.0 Å². The number of carbonyl (C=O) groups is 1. The van der Waals surface area contributed by atoms with Gasteiger partial charge in [0.1, 0.15) is 18.1 Å². The van der Waals surface area contributed by atoms with Crippen molar-refractivity contribution in [2.24, 2.45) is 0 Å². The maximum Gasteiger partial charge on any atom is 0.333 e. The third kappa shape index (κ3) is 4.50. The maximum atomic E-state index is 12.9. The van der Waals surface area contributed by atoms with E-state index in [2.05, 4.69) is 10.00 Å². The Morgan fingerprint density at radius 2 is 1.85 bits per heavy atom. The molecule has 0 bridgehead atoms. The van der Waals surface area contributed by atoms with Crippen molar-refractivity contribution in [3.8, 4) is 5.75 Å². The zero-order chi connectivity index (χ0) is 18.5. The van der Waals surface area contributed by atoms with Crippen molar-refractivity contribution >= 4 is 17.5 Å². The van der Waals surface area contributed by atoms with Crippen molar-refractivity contribution in [1.29, 1.82) is 0 Å². The molecule has 0 unspecified atom stereocenters. The molecule has 1 fully saturated rings. The smallest absolute Gasteiger partial charge is 0.333 e. The summed E-state index contributed by atoms with van der Waals surface area (Å²) in [6.07, 6.45) is 1.21. The maximum absolute atomic E-state index is 12.9. The summed E-state index contributed by atoms with van der Waals surface area (Å²) in [5, 5.41) is 4.16. The van der Waals surface area contributed by atoms with E-state index in [9.17, 15) is 13.6 Å². The normalized spacial score (nSPS) is 15.5. The van der Waals surface area contributed by atoms with Gasteiger partial charge in [0.25, 0.3) is 5.91 Å². The summed E-state index contributed by atoms with van der Waals surface area (Å²) in [5.74, 6) is 0.336. The largest absolute Gasteiger partial charge is 0.492 e. The van der Waals surface area contributed by atoms with Crippen LogP contribution in [0.4, 0.5) is 8.78 Å². The molecule has 2 heterocycles. The Hall–Kier alpha value is -2.19. The van der Waals surface area contributed by atoms with Crippen LogP contribution in [0.15, 0.2) is 36.5 Å². The highest BCUT2D eigenvalue weighted by Gasteiger charge is 2.26. The first-order valence-electron chi connectivity index (χ1n) is 8.26. The number of ether oxygens (including phenoxy) is 1. The fourth-order valence-electron chi connectivity index (χ4n) is 2.80. The first-order valence-corrected chi connectivity index (χ1v) is 8.64. The highest BCUT2D eigenvalue weighted by atomic mass is 35.5. The number of aromatic nitrogens is 2. The molecule has 0 atom stereocenters. The molecule has 6 nitrogen and oxygen atoms in total. The molecule has 0 spiro atoms. The average Bonchev–Trinajstić information content (AvgIpc) is 3.13. The van der Waals surface area contributed by atoms with E-state index in [4.69, 9.17) is 16.3 Å². The van der Waals surface area contributed by atoms with Crippen molar-refractivity contribution in [3.63, 3.8) is 0 Å². The molecule has 140 valence electrons. The number of piperazine rings is 1. The van der Waals surface area contributed by atoms with Crippen LogP contribution in [-0.2, 0) is 0 Å². The second-order valence-corrected chi connectivity index (χ2v) is 6.31. The second-order valence-electron chi connectivity index (χ2n) is 5.87. The number of carbonyl (C=O) groups excluding carboxylic acids is 1. The fourth-order valence-corrected chi connectivity index (χ4v) is 2.93. The molecule has 0 saturated carbocycles. The zero-order valence-corrected chi connectivity index (χ0v) is 14.8. The van der Waals surface area contributed by atoms with Gasteiger partial charge in [-0.15, -0.1) is 0 Å². The Kier molecular flexibility index (Phi) is 6.05. The van der Waals surface area contributed by atoms with Gasteiger partial charge in [-0.25, -0.2) is 0 Å². The number of alkyl halides is 2. The van der Waals surface area contributed by atoms with Crippen LogP contribution in [0.3, 0.4) is 0 Å². The molecule has 1 aliphatic heterocycles. The fraction of sp³-hybridized carbons (Fsp3) is 0.412. The summed E-state index contributed by atoms with van der Waals surface area (Å²) >= 11 is 5.83. The highest BCUT2D eigenvalue weighted by Crippen LogP contribution is 2.16. The summed E-state index contributed by atoms with van der Waals surface area (Å²) < 4.78 is 31.8. The summed E-state index contributed by atoms with van der Waals surface area (Å²) in [5.41, 5.74) is -0.0838. The second kappa shape index (κ2) is 8.46.